The molecule has 2 aromatic carbocycles. The van der Waals surface area contributed by atoms with Gasteiger partial charge in [0.05, 0.1) is 5.92 Å². The molecule has 0 aromatic heterocycles. The summed E-state index contributed by atoms with van der Waals surface area (Å²) in [5.74, 6) is -0.275. The predicted molar refractivity (Wildman–Crippen MR) is 92.8 cm³/mol. The van der Waals surface area contributed by atoms with E-state index < -0.39 is 0 Å². The summed E-state index contributed by atoms with van der Waals surface area (Å²) in [5.41, 5.74) is 2.28. The van der Waals surface area contributed by atoms with E-state index in [-0.39, 0.29) is 11.9 Å². The molecule has 0 saturated heterocycles. The van der Waals surface area contributed by atoms with Crippen molar-refractivity contribution in [3.8, 4) is 0 Å². The number of hydrogen-bond acceptors (Lipinski definition) is 3. The average Bonchev–Trinajstić information content (AvgIpc) is 2.60. The second kappa shape index (κ2) is 9.11. The Kier molecular flexibility index (Phi) is 6.82. The predicted octanol–water partition coefficient (Wildman–Crippen LogP) is 3.89. The van der Waals surface area contributed by atoms with Gasteiger partial charge < -0.3 is 4.74 Å². The summed E-state index contributed by atoms with van der Waals surface area (Å²) < 4.78 is 5.42. The molecule has 0 heterocycles. The van der Waals surface area contributed by atoms with Gasteiger partial charge in [-0.1, -0.05) is 74.5 Å². The smallest absolute Gasteiger partial charge is 0.310 e. The molecule has 0 amide bonds. The fourth-order valence-electron chi connectivity index (χ4n) is 2.48. The number of hydrogen-bond donors (Lipinski definition) is 0. The molecule has 2 aromatic rings. The van der Waals surface area contributed by atoms with Gasteiger partial charge in [-0.25, -0.2) is 0 Å². The van der Waals surface area contributed by atoms with Gasteiger partial charge in [0, 0.05) is 13.1 Å². The second-order valence-corrected chi connectivity index (χ2v) is 5.81. The molecule has 0 radical (unpaired) electrons. The lowest BCUT2D eigenvalue weighted by molar-refractivity contribution is -0.150. The van der Waals surface area contributed by atoms with Gasteiger partial charge in [0.1, 0.15) is 6.61 Å². The van der Waals surface area contributed by atoms with Gasteiger partial charge in [0.25, 0.3) is 0 Å². The van der Waals surface area contributed by atoms with Crippen molar-refractivity contribution in [3.05, 3.63) is 71.8 Å². The van der Waals surface area contributed by atoms with Crippen LogP contribution < -0.4 is 0 Å². The Bertz CT molecular complexity index is 583. The van der Waals surface area contributed by atoms with E-state index in [1.165, 1.54) is 5.56 Å². The van der Waals surface area contributed by atoms with Crippen LogP contribution in [0.5, 0.6) is 0 Å². The highest BCUT2D eigenvalue weighted by atomic mass is 16.5. The molecule has 2 rings (SSSR count). The number of rotatable bonds is 8. The molecule has 1 atom stereocenters. The Balaban J connectivity index is 1.81. The third-order valence-electron chi connectivity index (χ3n) is 3.85. The highest BCUT2D eigenvalue weighted by Crippen LogP contribution is 2.10. The van der Waals surface area contributed by atoms with Crippen LogP contribution in [0.2, 0.25) is 0 Å². The maximum absolute atomic E-state index is 12.2. The molecule has 23 heavy (non-hydrogen) atoms. The van der Waals surface area contributed by atoms with E-state index in [0.717, 1.165) is 18.7 Å². The molecule has 122 valence electrons. The summed E-state index contributed by atoms with van der Waals surface area (Å²) in [6.45, 7) is 6.86. The lowest BCUT2D eigenvalue weighted by atomic mass is 10.1. The zero-order chi connectivity index (χ0) is 16.5. The van der Waals surface area contributed by atoms with Crippen LogP contribution >= 0.6 is 0 Å². The van der Waals surface area contributed by atoms with E-state index in [9.17, 15) is 4.79 Å². The van der Waals surface area contributed by atoms with E-state index in [0.29, 0.717) is 13.2 Å². The number of carbonyl (C=O) groups excluding carboxylic acids is 1. The quantitative estimate of drug-likeness (QED) is 0.693. The first-order valence-electron chi connectivity index (χ1n) is 8.16. The van der Waals surface area contributed by atoms with Crippen molar-refractivity contribution >= 4 is 5.97 Å². The molecule has 0 N–H and O–H groups in total. The minimum Gasteiger partial charge on any atom is -0.461 e. The lowest BCUT2D eigenvalue weighted by Crippen LogP contribution is -2.32. The van der Waals surface area contributed by atoms with Crippen molar-refractivity contribution in [2.24, 2.45) is 5.92 Å². The van der Waals surface area contributed by atoms with Gasteiger partial charge in [-0.15, -0.1) is 0 Å². The molecule has 3 nitrogen and oxygen atoms in total. The van der Waals surface area contributed by atoms with E-state index in [2.05, 4.69) is 24.0 Å². The Labute approximate surface area is 138 Å². The first-order chi connectivity index (χ1) is 11.2. The molecule has 0 aliphatic rings. The van der Waals surface area contributed by atoms with Crippen LogP contribution in [-0.4, -0.2) is 24.0 Å². The first kappa shape index (κ1) is 17.2. The van der Waals surface area contributed by atoms with Crippen LogP contribution in [0.15, 0.2) is 60.7 Å². The Hall–Kier alpha value is -2.13. The number of esters is 1. The summed E-state index contributed by atoms with van der Waals surface area (Å²) in [7, 11) is 0. The maximum atomic E-state index is 12.2. The van der Waals surface area contributed by atoms with Crippen molar-refractivity contribution in [1.29, 1.82) is 0 Å². The number of benzene rings is 2. The van der Waals surface area contributed by atoms with E-state index in [1.54, 1.807) is 0 Å². The van der Waals surface area contributed by atoms with Crippen molar-refractivity contribution in [1.82, 2.24) is 4.90 Å². The number of ether oxygens (including phenoxy) is 1. The monoisotopic (exact) mass is 311 g/mol. The van der Waals surface area contributed by atoms with Crippen LogP contribution in [0.25, 0.3) is 0 Å². The minimum atomic E-state index is -0.139. The van der Waals surface area contributed by atoms with Crippen LogP contribution in [0.1, 0.15) is 25.0 Å². The molecule has 0 aliphatic carbocycles. The topological polar surface area (TPSA) is 29.5 Å². The van der Waals surface area contributed by atoms with Gasteiger partial charge in [-0.2, -0.15) is 0 Å². The zero-order valence-corrected chi connectivity index (χ0v) is 13.9. The van der Waals surface area contributed by atoms with Crippen molar-refractivity contribution in [2.45, 2.75) is 27.0 Å². The molecule has 0 fully saturated rings. The molecular weight excluding hydrogens is 286 g/mol. The van der Waals surface area contributed by atoms with E-state index in [1.807, 2.05) is 55.5 Å². The van der Waals surface area contributed by atoms with E-state index in [4.69, 9.17) is 4.74 Å². The van der Waals surface area contributed by atoms with Gasteiger partial charge in [-0.05, 0) is 17.7 Å². The number of carbonyl (C=O) groups is 1. The summed E-state index contributed by atoms with van der Waals surface area (Å²) >= 11 is 0. The molecule has 0 bridgehead atoms. The second-order valence-electron chi connectivity index (χ2n) is 5.81. The fourth-order valence-corrected chi connectivity index (χ4v) is 2.48. The SMILES string of the molecule is CCN(Cc1ccccc1)CC(C)C(=O)OCc1ccccc1. The highest BCUT2D eigenvalue weighted by molar-refractivity contribution is 5.72. The fraction of sp³-hybridized carbons (Fsp3) is 0.350. The lowest BCUT2D eigenvalue weighted by Gasteiger charge is -2.23. The molecule has 0 spiro atoms. The van der Waals surface area contributed by atoms with Gasteiger partial charge >= 0.3 is 5.97 Å². The third kappa shape index (κ3) is 5.87. The third-order valence-corrected chi connectivity index (χ3v) is 3.85. The van der Waals surface area contributed by atoms with Crippen molar-refractivity contribution < 1.29 is 9.53 Å². The molecule has 0 saturated carbocycles. The van der Waals surface area contributed by atoms with Gasteiger partial charge in [0.2, 0.25) is 0 Å². The number of nitrogens with zero attached hydrogens (tertiary/aromatic N) is 1. The minimum absolute atomic E-state index is 0.137. The highest BCUT2D eigenvalue weighted by Gasteiger charge is 2.18. The largest absolute Gasteiger partial charge is 0.461 e. The Morgan fingerprint density at radius 3 is 2.13 bits per heavy atom. The summed E-state index contributed by atoms with van der Waals surface area (Å²) in [5, 5.41) is 0. The molecular formula is C20H25NO2. The van der Waals surface area contributed by atoms with Gasteiger partial charge in [0.15, 0.2) is 0 Å². The van der Waals surface area contributed by atoms with E-state index >= 15 is 0 Å². The molecule has 1 unspecified atom stereocenters. The molecule has 0 aliphatic heterocycles. The van der Waals surface area contributed by atoms with Crippen molar-refractivity contribution in [2.75, 3.05) is 13.1 Å². The summed E-state index contributed by atoms with van der Waals surface area (Å²) in [6.07, 6.45) is 0. The Morgan fingerprint density at radius 1 is 1.00 bits per heavy atom. The summed E-state index contributed by atoms with van der Waals surface area (Å²) in [4.78, 5) is 14.4. The van der Waals surface area contributed by atoms with Crippen LogP contribution in [0.3, 0.4) is 0 Å². The van der Waals surface area contributed by atoms with Crippen LogP contribution in [0.4, 0.5) is 0 Å². The van der Waals surface area contributed by atoms with Crippen LogP contribution in [0, 0.1) is 5.92 Å². The Morgan fingerprint density at radius 2 is 1.57 bits per heavy atom. The maximum Gasteiger partial charge on any atom is 0.310 e. The van der Waals surface area contributed by atoms with Gasteiger partial charge in [-0.3, -0.25) is 9.69 Å². The normalized spacial score (nSPS) is 12.1. The summed E-state index contributed by atoms with van der Waals surface area (Å²) in [6, 6.07) is 20.1. The average molecular weight is 311 g/mol. The first-order valence-corrected chi connectivity index (χ1v) is 8.16. The van der Waals surface area contributed by atoms with Crippen LogP contribution in [-0.2, 0) is 22.7 Å². The standard InChI is InChI=1S/C20H25NO2/c1-3-21(15-18-10-6-4-7-11-18)14-17(2)20(22)23-16-19-12-8-5-9-13-19/h4-13,17H,3,14-16H2,1-2H3. The molecule has 3 heteroatoms. The van der Waals surface area contributed by atoms with Crippen molar-refractivity contribution in [3.63, 3.8) is 0 Å². The zero-order valence-electron chi connectivity index (χ0n) is 13.9.